The molecular weight excluding hydrogens is 448 g/mol. The first-order chi connectivity index (χ1) is 17.8. The lowest BCUT2D eigenvalue weighted by atomic mass is 9.95. The molecule has 0 spiro atoms. The van der Waals surface area contributed by atoms with E-state index in [1.165, 1.54) is 21.3 Å². The minimum Gasteiger partial charge on any atom is -0.497 e. The normalized spacial score (nSPS) is 19.1. The van der Waals surface area contributed by atoms with Crippen LogP contribution in [0.5, 0.6) is 28.7 Å². The lowest BCUT2D eigenvalue weighted by Crippen LogP contribution is -2.44. The molecule has 7 nitrogen and oxygen atoms in total. The maximum atomic E-state index is 13.8. The number of Topliss-reactive ketones (excluding diaryl/α,β-unsaturated/α-hetero) is 1. The second-order valence-corrected chi connectivity index (χ2v) is 7.92. The van der Waals surface area contributed by atoms with Gasteiger partial charge in [-0.1, -0.05) is 24.3 Å². The first kappa shape index (κ1) is 21.8. The Morgan fingerprint density at radius 2 is 1.34 bits per heavy atom. The van der Waals surface area contributed by atoms with Gasteiger partial charge in [-0.15, -0.1) is 0 Å². The summed E-state index contributed by atoms with van der Waals surface area (Å²) < 4.78 is 51.4. The molecule has 0 radical (unpaired) electrons. The van der Waals surface area contributed by atoms with E-state index in [1.54, 1.807) is 56.7 Å². The molecule has 3 aromatic carbocycles. The molecule has 3 atom stereocenters. The zero-order chi connectivity index (χ0) is 26.7. The number of rotatable bonds is 10. The number of carbonyl (C=O) groups excluding carboxylic acids is 1. The topological polar surface area (TPSA) is 72.5 Å². The van der Waals surface area contributed by atoms with E-state index in [9.17, 15) is 4.79 Å². The highest BCUT2D eigenvalue weighted by molar-refractivity contribution is 6.09. The molecule has 7 heteroatoms. The smallest absolute Gasteiger partial charge is 0.279 e. The lowest BCUT2D eigenvalue weighted by molar-refractivity contribution is -0.117. The van der Waals surface area contributed by atoms with Crippen LogP contribution in [-0.2, 0) is 24.0 Å². The number of hydrogen-bond donors (Lipinski definition) is 0. The van der Waals surface area contributed by atoms with Crippen LogP contribution in [0.3, 0.4) is 0 Å². The summed E-state index contributed by atoms with van der Waals surface area (Å²) in [7, 11) is 7.45. The van der Waals surface area contributed by atoms with Gasteiger partial charge >= 0.3 is 0 Å². The van der Waals surface area contributed by atoms with Crippen molar-refractivity contribution in [3.63, 3.8) is 0 Å². The highest BCUT2D eigenvalue weighted by Crippen LogP contribution is 2.48. The van der Waals surface area contributed by atoms with Crippen LogP contribution in [0.4, 0.5) is 0 Å². The zero-order valence-corrected chi connectivity index (χ0v) is 20.4. The number of carbonyl (C=O) groups is 1. The third kappa shape index (κ3) is 4.64. The Labute approximate surface area is 208 Å². The maximum absolute atomic E-state index is 13.8. The first-order valence-corrected chi connectivity index (χ1v) is 11.0. The van der Waals surface area contributed by atoms with Gasteiger partial charge in [0.2, 0.25) is 5.78 Å². The summed E-state index contributed by atoms with van der Waals surface area (Å²) in [5.74, 6) is -0.122. The van der Waals surface area contributed by atoms with E-state index < -0.39 is 24.4 Å². The molecule has 3 aromatic rings. The molecule has 1 aliphatic rings. The third-order valence-corrected chi connectivity index (χ3v) is 6.01. The van der Waals surface area contributed by atoms with Gasteiger partial charge in [0.05, 0.1) is 28.4 Å². The van der Waals surface area contributed by atoms with Crippen molar-refractivity contribution in [3.8, 4) is 28.7 Å². The molecule has 0 N–H and O–H groups in total. The van der Waals surface area contributed by atoms with Crippen LogP contribution in [0.25, 0.3) is 0 Å². The summed E-state index contributed by atoms with van der Waals surface area (Å²) in [6.07, 6.45) is -2.04. The Bertz CT molecular complexity index is 1260. The zero-order valence-electron chi connectivity index (χ0n) is 22.4. The van der Waals surface area contributed by atoms with Crippen LogP contribution in [-0.4, -0.2) is 47.1 Å². The molecule has 4 rings (SSSR count). The Morgan fingerprint density at radius 1 is 0.771 bits per heavy atom. The van der Waals surface area contributed by atoms with Crippen LogP contribution in [0, 0.1) is 0 Å². The third-order valence-electron chi connectivity index (χ3n) is 6.01. The molecule has 0 saturated heterocycles. The standard InChI is InChI=1S/C28H30O7/c1-30-20-11-6-18(7-12-20)10-15-22-23(32-3)16-24(33-4)25-26(22)35-28(34-5,27(25)29)17-19-8-13-21(31-2)14-9-19/h6-9,11-14,16H,10,15,17H2,1-5H3/t28-/m1/s1/i10D,15D/t10?,15?,28-. The van der Waals surface area contributed by atoms with Gasteiger partial charge in [0.15, 0.2) is 0 Å². The predicted octanol–water partition coefficient (Wildman–Crippen LogP) is 4.67. The monoisotopic (exact) mass is 480 g/mol. The predicted molar refractivity (Wildman–Crippen MR) is 131 cm³/mol. The second-order valence-electron chi connectivity index (χ2n) is 7.92. The van der Waals surface area contributed by atoms with Gasteiger partial charge in [-0.3, -0.25) is 4.79 Å². The minimum absolute atomic E-state index is 0.108. The van der Waals surface area contributed by atoms with Crippen molar-refractivity contribution in [3.05, 3.63) is 76.9 Å². The average molecular weight is 481 g/mol. The van der Waals surface area contributed by atoms with Gasteiger partial charge in [-0.25, -0.2) is 0 Å². The summed E-state index contributed by atoms with van der Waals surface area (Å²) in [6.45, 7) is 0. The van der Waals surface area contributed by atoms with E-state index in [2.05, 4.69) is 0 Å². The summed E-state index contributed by atoms with van der Waals surface area (Å²) in [4.78, 5) is 13.8. The van der Waals surface area contributed by atoms with Crippen molar-refractivity contribution in [2.24, 2.45) is 0 Å². The van der Waals surface area contributed by atoms with Gasteiger partial charge in [-0.05, 0) is 48.2 Å². The van der Waals surface area contributed by atoms with Crippen molar-refractivity contribution < 1.29 is 36.0 Å². The second kappa shape index (κ2) is 10.3. The fraction of sp³-hybridized carbons (Fsp3) is 0.321. The quantitative estimate of drug-likeness (QED) is 0.418. The molecule has 0 aliphatic carbocycles. The van der Waals surface area contributed by atoms with Crippen LogP contribution in [0.1, 0.15) is 29.8 Å². The van der Waals surface area contributed by atoms with E-state index in [4.69, 9.17) is 31.2 Å². The van der Waals surface area contributed by atoms with Crippen LogP contribution >= 0.6 is 0 Å². The summed E-state index contributed by atoms with van der Waals surface area (Å²) in [5.41, 5.74) is 1.83. The summed E-state index contributed by atoms with van der Waals surface area (Å²) >= 11 is 0. The molecule has 35 heavy (non-hydrogen) atoms. The molecule has 0 aromatic heterocycles. The fourth-order valence-corrected chi connectivity index (χ4v) is 4.07. The van der Waals surface area contributed by atoms with Crippen molar-refractivity contribution in [2.45, 2.75) is 25.0 Å². The van der Waals surface area contributed by atoms with Crippen LogP contribution in [0.2, 0.25) is 0 Å². The Kier molecular flexibility index (Phi) is 6.40. The van der Waals surface area contributed by atoms with E-state index in [0.29, 0.717) is 17.1 Å². The van der Waals surface area contributed by atoms with Crippen molar-refractivity contribution in [1.29, 1.82) is 0 Å². The number of fused-ring (bicyclic) bond motifs is 1. The van der Waals surface area contributed by atoms with E-state index in [-0.39, 0.29) is 34.8 Å². The highest BCUT2D eigenvalue weighted by Gasteiger charge is 2.51. The largest absolute Gasteiger partial charge is 0.497 e. The molecule has 0 saturated carbocycles. The first-order valence-electron chi connectivity index (χ1n) is 12.2. The molecule has 1 aliphatic heterocycles. The molecule has 0 amide bonds. The minimum atomic E-state index is -1.68. The number of ether oxygens (including phenoxy) is 6. The number of ketones is 1. The molecule has 2 unspecified atom stereocenters. The Hall–Kier alpha value is -3.71. The van der Waals surface area contributed by atoms with E-state index in [0.717, 1.165) is 5.56 Å². The number of hydrogen-bond acceptors (Lipinski definition) is 7. The number of benzene rings is 3. The average Bonchev–Trinajstić information content (AvgIpc) is 3.23. The molecule has 184 valence electrons. The summed E-state index contributed by atoms with van der Waals surface area (Å²) in [5, 5.41) is 0. The van der Waals surface area contributed by atoms with Gasteiger partial charge in [0, 0.05) is 27.9 Å². The van der Waals surface area contributed by atoms with Gasteiger partial charge in [0.1, 0.15) is 34.3 Å². The van der Waals surface area contributed by atoms with E-state index in [1.807, 2.05) is 12.1 Å². The summed E-state index contributed by atoms with van der Waals surface area (Å²) in [6, 6.07) is 15.8. The number of methoxy groups -OCH3 is 5. The Balaban J connectivity index is 1.79. The highest BCUT2D eigenvalue weighted by atomic mass is 16.7. The maximum Gasteiger partial charge on any atom is 0.279 e. The SMILES string of the molecule is [2H]C(c1ccc(OC)cc1)C([2H])c1c(OC)cc(OC)c2c1O[C@@](Cc1ccc(OC)cc1)(OC)C2=O. The molecule has 0 bridgehead atoms. The molecule has 1 heterocycles. The van der Waals surface area contributed by atoms with Gasteiger partial charge < -0.3 is 28.4 Å². The number of aryl methyl sites for hydroxylation is 1. The fourth-order valence-electron chi connectivity index (χ4n) is 4.07. The van der Waals surface area contributed by atoms with Gasteiger partial charge in [0.25, 0.3) is 5.79 Å². The van der Waals surface area contributed by atoms with Gasteiger partial charge in [-0.2, -0.15) is 0 Å². The van der Waals surface area contributed by atoms with Crippen molar-refractivity contribution >= 4 is 5.78 Å². The lowest BCUT2D eigenvalue weighted by Gasteiger charge is -2.26. The van der Waals surface area contributed by atoms with Crippen LogP contribution in [0.15, 0.2) is 54.6 Å². The van der Waals surface area contributed by atoms with Crippen molar-refractivity contribution in [1.82, 2.24) is 0 Å². The molecule has 0 fully saturated rings. The van der Waals surface area contributed by atoms with Crippen molar-refractivity contribution in [2.75, 3.05) is 35.5 Å². The van der Waals surface area contributed by atoms with E-state index >= 15 is 0 Å². The Morgan fingerprint density at radius 3 is 1.86 bits per heavy atom. The van der Waals surface area contributed by atoms with Crippen LogP contribution < -0.4 is 23.7 Å². The molecular formula is C28H30O7.